The van der Waals surface area contributed by atoms with Gasteiger partial charge < -0.3 is 9.88 Å². The fourth-order valence-corrected chi connectivity index (χ4v) is 7.20. The number of nitrogens with one attached hydrogen (secondary N) is 1. The minimum atomic E-state index is -0.326. The Morgan fingerprint density at radius 2 is 1.82 bits per heavy atom. The largest absolute Gasteiger partial charge is 0.345 e. The van der Waals surface area contributed by atoms with Crippen molar-refractivity contribution in [3.8, 4) is 0 Å². The topological polar surface area (TPSA) is 95.8 Å². The summed E-state index contributed by atoms with van der Waals surface area (Å²) in [5, 5.41) is 15.3. The third-order valence-electron chi connectivity index (χ3n) is 8.24. The highest BCUT2D eigenvalue weighted by molar-refractivity contribution is 7.22. The number of aromatic amines is 1. The molecule has 1 saturated carbocycles. The van der Waals surface area contributed by atoms with Gasteiger partial charge in [0.2, 0.25) is 0 Å². The molecular formula is C29H32N8OS. The standard InChI is InChI=1S/C29H32N8OS/c1-19-11-12-23-20(17-19)18-22(28(38)30-23)26(27-32-33-34-37(27)21-7-3-2-4-8-21)35-13-15-36(16-14-35)29-31-24-9-5-6-10-25(24)39-29/h5-6,9-12,17-18,21,26H,2-4,7-8,13-16H2,1H3,(H,30,38)/t26-/m1/s1. The maximum Gasteiger partial charge on any atom is 0.253 e. The molecule has 39 heavy (non-hydrogen) atoms. The molecule has 200 valence electrons. The van der Waals surface area contributed by atoms with E-state index in [1.165, 1.54) is 24.0 Å². The fraction of sp³-hybridized carbons (Fsp3) is 0.414. The summed E-state index contributed by atoms with van der Waals surface area (Å²) in [6.07, 6.45) is 5.78. The van der Waals surface area contributed by atoms with Crippen LogP contribution in [0, 0.1) is 6.92 Å². The first-order chi connectivity index (χ1) is 19.1. The van der Waals surface area contributed by atoms with Gasteiger partial charge in [0.1, 0.15) is 6.04 Å². The Balaban J connectivity index is 1.25. The molecule has 7 rings (SSSR count). The zero-order valence-corrected chi connectivity index (χ0v) is 22.9. The second-order valence-electron chi connectivity index (χ2n) is 10.8. The first-order valence-corrected chi connectivity index (χ1v) is 14.7. The predicted molar refractivity (Wildman–Crippen MR) is 154 cm³/mol. The highest BCUT2D eigenvalue weighted by atomic mass is 32.1. The smallest absolute Gasteiger partial charge is 0.253 e. The number of rotatable bonds is 5. The Bertz CT molecular complexity index is 1640. The molecule has 0 unspecified atom stereocenters. The number of hydrogen-bond acceptors (Lipinski definition) is 8. The molecule has 10 heteroatoms. The van der Waals surface area contributed by atoms with Crippen LogP contribution >= 0.6 is 11.3 Å². The van der Waals surface area contributed by atoms with E-state index in [0.717, 1.165) is 72.0 Å². The van der Waals surface area contributed by atoms with Gasteiger partial charge in [0.25, 0.3) is 5.56 Å². The number of benzene rings is 2. The molecule has 1 aliphatic heterocycles. The van der Waals surface area contributed by atoms with Crippen LogP contribution in [0.5, 0.6) is 0 Å². The van der Waals surface area contributed by atoms with Crippen LogP contribution in [0.15, 0.2) is 53.3 Å². The van der Waals surface area contributed by atoms with Gasteiger partial charge in [-0.05, 0) is 65.9 Å². The summed E-state index contributed by atoms with van der Waals surface area (Å²) >= 11 is 1.74. The van der Waals surface area contributed by atoms with Crippen molar-refractivity contribution >= 4 is 37.6 Å². The molecule has 2 aliphatic rings. The van der Waals surface area contributed by atoms with Gasteiger partial charge in [-0.2, -0.15) is 0 Å². The average Bonchev–Trinajstić information content (AvgIpc) is 3.62. The average molecular weight is 541 g/mol. The number of pyridine rings is 1. The molecule has 4 heterocycles. The van der Waals surface area contributed by atoms with E-state index in [-0.39, 0.29) is 17.6 Å². The van der Waals surface area contributed by atoms with Gasteiger partial charge in [0, 0.05) is 37.3 Å². The van der Waals surface area contributed by atoms with Gasteiger partial charge in [-0.3, -0.25) is 9.69 Å². The van der Waals surface area contributed by atoms with Crippen LogP contribution in [0.25, 0.3) is 21.1 Å². The van der Waals surface area contributed by atoms with Crippen LogP contribution in [-0.4, -0.2) is 61.3 Å². The van der Waals surface area contributed by atoms with Crippen LogP contribution < -0.4 is 10.5 Å². The molecule has 1 saturated heterocycles. The van der Waals surface area contributed by atoms with Crippen LogP contribution in [0.1, 0.15) is 61.1 Å². The molecule has 9 nitrogen and oxygen atoms in total. The number of fused-ring (bicyclic) bond motifs is 2. The van der Waals surface area contributed by atoms with Crippen molar-refractivity contribution in [3.05, 3.63) is 75.8 Å². The maximum atomic E-state index is 13.6. The van der Waals surface area contributed by atoms with Crippen LogP contribution in [-0.2, 0) is 0 Å². The zero-order chi connectivity index (χ0) is 26.3. The zero-order valence-electron chi connectivity index (χ0n) is 22.1. The van der Waals surface area contributed by atoms with E-state index in [4.69, 9.17) is 4.98 Å². The van der Waals surface area contributed by atoms with E-state index in [9.17, 15) is 4.79 Å². The van der Waals surface area contributed by atoms with Gasteiger partial charge in [0.05, 0.1) is 16.3 Å². The second-order valence-corrected chi connectivity index (χ2v) is 11.8. The molecule has 0 radical (unpaired) electrons. The molecule has 5 aromatic rings. The monoisotopic (exact) mass is 540 g/mol. The van der Waals surface area contributed by atoms with Crippen molar-refractivity contribution < 1.29 is 0 Å². The summed E-state index contributed by atoms with van der Waals surface area (Å²) in [7, 11) is 0. The van der Waals surface area contributed by atoms with Gasteiger partial charge in [-0.25, -0.2) is 9.67 Å². The number of H-pyrrole nitrogens is 1. The number of anilines is 1. The van der Waals surface area contributed by atoms with Crippen molar-refractivity contribution in [2.75, 3.05) is 31.1 Å². The quantitative estimate of drug-likeness (QED) is 0.340. The van der Waals surface area contributed by atoms with E-state index in [1.54, 1.807) is 11.3 Å². The van der Waals surface area contributed by atoms with Crippen molar-refractivity contribution in [1.29, 1.82) is 0 Å². The SMILES string of the molecule is Cc1ccc2[nH]c(=O)c([C@H](c3nnnn3C3CCCCC3)N3CCN(c4nc5ccccc5s4)CC3)cc2c1. The van der Waals surface area contributed by atoms with Gasteiger partial charge in [-0.1, -0.05) is 54.4 Å². The van der Waals surface area contributed by atoms with E-state index in [0.29, 0.717) is 5.56 Å². The lowest BCUT2D eigenvalue weighted by atomic mass is 9.95. The van der Waals surface area contributed by atoms with E-state index in [1.807, 2.05) is 28.9 Å². The lowest BCUT2D eigenvalue weighted by molar-refractivity contribution is 0.192. The normalized spacial score (nSPS) is 18.2. The first kappa shape index (κ1) is 24.4. The second kappa shape index (κ2) is 10.2. The molecule has 0 spiro atoms. The third kappa shape index (κ3) is 4.61. The van der Waals surface area contributed by atoms with Gasteiger partial charge in [0.15, 0.2) is 11.0 Å². The number of para-hydroxylation sites is 1. The molecule has 3 aromatic heterocycles. The third-order valence-corrected chi connectivity index (χ3v) is 9.34. The van der Waals surface area contributed by atoms with Gasteiger partial charge >= 0.3 is 0 Å². The van der Waals surface area contributed by atoms with Crippen molar-refractivity contribution in [3.63, 3.8) is 0 Å². The molecule has 1 N–H and O–H groups in total. The summed E-state index contributed by atoms with van der Waals surface area (Å²) in [5.41, 5.74) is 3.67. The number of thiazole rings is 1. The maximum absolute atomic E-state index is 13.6. The Morgan fingerprint density at radius 1 is 1.00 bits per heavy atom. The Labute approximate surface area is 230 Å². The van der Waals surface area contributed by atoms with E-state index in [2.05, 4.69) is 61.5 Å². The lowest BCUT2D eigenvalue weighted by Crippen LogP contribution is -2.49. The number of tetrazole rings is 1. The minimum Gasteiger partial charge on any atom is -0.345 e. The molecule has 0 amide bonds. The molecular weight excluding hydrogens is 508 g/mol. The van der Waals surface area contributed by atoms with E-state index >= 15 is 0 Å². The number of aromatic nitrogens is 6. The van der Waals surface area contributed by atoms with Crippen molar-refractivity contribution in [2.45, 2.75) is 51.1 Å². The summed E-state index contributed by atoms with van der Waals surface area (Å²) in [6, 6.07) is 16.4. The number of nitrogens with zero attached hydrogens (tertiary/aromatic N) is 7. The first-order valence-electron chi connectivity index (χ1n) is 13.9. The Kier molecular flexibility index (Phi) is 6.36. The summed E-state index contributed by atoms with van der Waals surface area (Å²) in [4.78, 5) is 26.3. The highest BCUT2D eigenvalue weighted by Gasteiger charge is 2.35. The van der Waals surface area contributed by atoms with Crippen LogP contribution in [0.3, 0.4) is 0 Å². The Hall–Kier alpha value is -3.63. The molecule has 1 aliphatic carbocycles. The highest BCUT2D eigenvalue weighted by Crippen LogP contribution is 2.35. The van der Waals surface area contributed by atoms with Crippen molar-refractivity contribution in [2.24, 2.45) is 0 Å². The summed E-state index contributed by atoms with van der Waals surface area (Å²) in [5.74, 6) is 0.771. The van der Waals surface area contributed by atoms with Crippen LogP contribution in [0.4, 0.5) is 5.13 Å². The predicted octanol–water partition coefficient (Wildman–Crippen LogP) is 4.85. The molecule has 1 atom stereocenters. The fourth-order valence-electron chi connectivity index (χ4n) is 6.18. The van der Waals surface area contributed by atoms with Crippen LogP contribution in [0.2, 0.25) is 0 Å². The molecule has 2 fully saturated rings. The summed E-state index contributed by atoms with van der Waals surface area (Å²) < 4.78 is 3.22. The minimum absolute atomic E-state index is 0.0804. The molecule has 2 aromatic carbocycles. The molecule has 0 bridgehead atoms. The lowest BCUT2D eigenvalue weighted by Gasteiger charge is -2.39. The number of aryl methyl sites for hydroxylation is 1. The Morgan fingerprint density at radius 3 is 2.64 bits per heavy atom. The van der Waals surface area contributed by atoms with E-state index < -0.39 is 0 Å². The number of piperazine rings is 1. The number of hydrogen-bond donors (Lipinski definition) is 1. The van der Waals surface area contributed by atoms with Crippen molar-refractivity contribution in [1.82, 2.24) is 35.1 Å². The summed E-state index contributed by atoms with van der Waals surface area (Å²) in [6.45, 7) is 5.29. The van der Waals surface area contributed by atoms with Gasteiger partial charge in [-0.15, -0.1) is 5.10 Å².